The van der Waals surface area contributed by atoms with Crippen molar-refractivity contribution in [1.29, 1.82) is 0 Å². The first-order valence-electron chi connectivity index (χ1n) is 7.06. The molecule has 0 radical (unpaired) electrons. The Labute approximate surface area is 135 Å². The third-order valence-electron chi connectivity index (χ3n) is 3.40. The van der Waals surface area contributed by atoms with E-state index in [2.05, 4.69) is 4.72 Å². The highest BCUT2D eigenvalue weighted by Gasteiger charge is 2.22. The molecule has 1 unspecified atom stereocenters. The summed E-state index contributed by atoms with van der Waals surface area (Å²) in [5.41, 5.74) is 3.46. The SMILES string of the molecule is CCS(=O)(=O)Nc1ccc(C(C(=O)NO)c2ccccc2)cc1. The number of sulfonamides is 1. The van der Waals surface area contributed by atoms with Gasteiger partial charge in [-0.25, -0.2) is 13.9 Å². The van der Waals surface area contributed by atoms with E-state index in [0.717, 1.165) is 5.56 Å². The molecule has 2 rings (SSSR count). The number of carbonyl (C=O) groups is 1. The summed E-state index contributed by atoms with van der Waals surface area (Å²) >= 11 is 0. The molecule has 0 saturated carbocycles. The first-order chi connectivity index (χ1) is 11.0. The minimum Gasteiger partial charge on any atom is -0.289 e. The number of hydrogen-bond donors (Lipinski definition) is 3. The Kier molecular flexibility index (Phi) is 5.36. The smallest absolute Gasteiger partial charge is 0.255 e. The molecule has 0 spiro atoms. The van der Waals surface area contributed by atoms with Gasteiger partial charge in [0.25, 0.3) is 5.91 Å². The standard InChI is InChI=1S/C16H18N2O4S/c1-2-23(21,22)18-14-10-8-13(9-11-14)15(16(19)17-20)12-6-4-3-5-7-12/h3-11,15,18,20H,2H2,1H3,(H,17,19). The Hall–Kier alpha value is -2.38. The van der Waals surface area contributed by atoms with Gasteiger partial charge >= 0.3 is 0 Å². The monoisotopic (exact) mass is 334 g/mol. The fraction of sp³-hybridized carbons (Fsp3) is 0.188. The Morgan fingerprint density at radius 2 is 1.61 bits per heavy atom. The van der Waals surface area contributed by atoms with Gasteiger partial charge in [0, 0.05) is 5.69 Å². The first kappa shape index (κ1) is 17.0. The van der Waals surface area contributed by atoms with Gasteiger partial charge in [0.05, 0.1) is 11.7 Å². The highest BCUT2D eigenvalue weighted by atomic mass is 32.2. The highest BCUT2D eigenvalue weighted by Crippen LogP contribution is 2.26. The topological polar surface area (TPSA) is 95.5 Å². The maximum absolute atomic E-state index is 12.0. The number of rotatable bonds is 6. The third kappa shape index (κ3) is 4.30. The van der Waals surface area contributed by atoms with Gasteiger partial charge in [0.15, 0.2) is 0 Å². The fourth-order valence-electron chi connectivity index (χ4n) is 2.20. The molecule has 0 heterocycles. The molecule has 0 saturated heterocycles. The van der Waals surface area contributed by atoms with Crippen molar-refractivity contribution in [2.24, 2.45) is 0 Å². The molecule has 3 N–H and O–H groups in total. The van der Waals surface area contributed by atoms with E-state index in [1.807, 2.05) is 6.07 Å². The van der Waals surface area contributed by atoms with Crippen molar-refractivity contribution >= 4 is 21.6 Å². The van der Waals surface area contributed by atoms with Crippen LogP contribution in [0.2, 0.25) is 0 Å². The minimum atomic E-state index is -3.35. The number of nitrogens with one attached hydrogen (secondary N) is 2. The molecule has 0 aliphatic heterocycles. The molecule has 122 valence electrons. The van der Waals surface area contributed by atoms with Crippen molar-refractivity contribution in [2.45, 2.75) is 12.8 Å². The molecule has 0 bridgehead atoms. The van der Waals surface area contributed by atoms with Gasteiger partial charge in [-0.1, -0.05) is 42.5 Å². The normalized spacial score (nSPS) is 12.4. The highest BCUT2D eigenvalue weighted by molar-refractivity contribution is 7.92. The quantitative estimate of drug-likeness (QED) is 0.557. The molecule has 0 fully saturated rings. The molecule has 2 aromatic rings. The number of carbonyl (C=O) groups excluding carboxylic acids is 1. The fourth-order valence-corrected chi connectivity index (χ4v) is 2.84. The van der Waals surface area contributed by atoms with Crippen LogP contribution in [0.4, 0.5) is 5.69 Å². The lowest BCUT2D eigenvalue weighted by Gasteiger charge is -2.16. The van der Waals surface area contributed by atoms with Gasteiger partial charge in [-0.2, -0.15) is 0 Å². The Bertz CT molecular complexity index is 758. The summed E-state index contributed by atoms with van der Waals surface area (Å²) in [4.78, 5) is 12.0. The molecule has 6 nitrogen and oxygen atoms in total. The molecular weight excluding hydrogens is 316 g/mol. The molecule has 23 heavy (non-hydrogen) atoms. The lowest BCUT2D eigenvalue weighted by atomic mass is 9.90. The van der Waals surface area contributed by atoms with E-state index in [1.54, 1.807) is 60.9 Å². The van der Waals surface area contributed by atoms with E-state index in [-0.39, 0.29) is 5.75 Å². The summed E-state index contributed by atoms with van der Waals surface area (Å²) < 4.78 is 25.5. The minimum absolute atomic E-state index is 0.0195. The molecule has 0 aromatic heterocycles. The van der Waals surface area contributed by atoms with Gasteiger partial charge < -0.3 is 0 Å². The van der Waals surface area contributed by atoms with Crippen LogP contribution in [0.1, 0.15) is 24.0 Å². The number of hydroxylamine groups is 1. The van der Waals surface area contributed by atoms with Crippen LogP contribution in [-0.2, 0) is 14.8 Å². The van der Waals surface area contributed by atoms with E-state index < -0.39 is 21.8 Å². The maximum atomic E-state index is 12.0. The summed E-state index contributed by atoms with van der Waals surface area (Å²) in [6, 6.07) is 15.5. The van der Waals surface area contributed by atoms with E-state index in [1.165, 1.54) is 0 Å². The van der Waals surface area contributed by atoms with Crippen LogP contribution in [0.3, 0.4) is 0 Å². The molecule has 7 heteroatoms. The van der Waals surface area contributed by atoms with Crippen molar-refractivity contribution < 1.29 is 18.4 Å². The molecule has 0 aliphatic rings. The Morgan fingerprint density at radius 1 is 1.04 bits per heavy atom. The van der Waals surface area contributed by atoms with Crippen LogP contribution < -0.4 is 10.2 Å². The first-order valence-corrected chi connectivity index (χ1v) is 8.71. The van der Waals surface area contributed by atoms with Crippen molar-refractivity contribution in [2.75, 3.05) is 10.5 Å². The second-order valence-corrected chi connectivity index (χ2v) is 6.96. The van der Waals surface area contributed by atoms with Gasteiger partial charge in [-0.15, -0.1) is 0 Å². The van der Waals surface area contributed by atoms with Crippen LogP contribution >= 0.6 is 0 Å². The van der Waals surface area contributed by atoms with E-state index in [9.17, 15) is 13.2 Å². The number of amides is 1. The Balaban J connectivity index is 2.32. The van der Waals surface area contributed by atoms with Crippen molar-refractivity contribution in [3.05, 3.63) is 65.7 Å². The van der Waals surface area contributed by atoms with Crippen LogP contribution in [0, 0.1) is 0 Å². The van der Waals surface area contributed by atoms with Gasteiger partial charge in [-0.05, 0) is 30.2 Å². The van der Waals surface area contributed by atoms with Crippen molar-refractivity contribution in [3.63, 3.8) is 0 Å². The zero-order valence-electron chi connectivity index (χ0n) is 12.6. The average Bonchev–Trinajstić information content (AvgIpc) is 2.57. The second kappa shape index (κ2) is 7.26. The van der Waals surface area contributed by atoms with Gasteiger partial charge in [0.1, 0.15) is 0 Å². The van der Waals surface area contributed by atoms with E-state index >= 15 is 0 Å². The lowest BCUT2D eigenvalue weighted by Crippen LogP contribution is -2.27. The predicted molar refractivity (Wildman–Crippen MR) is 87.7 cm³/mol. The van der Waals surface area contributed by atoms with Crippen LogP contribution in [-0.4, -0.2) is 25.3 Å². The third-order valence-corrected chi connectivity index (χ3v) is 4.71. The number of benzene rings is 2. The van der Waals surface area contributed by atoms with Crippen LogP contribution in [0.15, 0.2) is 54.6 Å². The average molecular weight is 334 g/mol. The van der Waals surface area contributed by atoms with E-state index in [0.29, 0.717) is 11.3 Å². The Morgan fingerprint density at radius 3 is 2.13 bits per heavy atom. The number of anilines is 1. The largest absolute Gasteiger partial charge is 0.289 e. The predicted octanol–water partition coefficient (Wildman–Crippen LogP) is 2.09. The van der Waals surface area contributed by atoms with Crippen molar-refractivity contribution in [3.8, 4) is 0 Å². The van der Waals surface area contributed by atoms with Crippen LogP contribution in [0.25, 0.3) is 0 Å². The zero-order chi connectivity index (χ0) is 16.9. The summed E-state index contributed by atoms with van der Waals surface area (Å²) in [5, 5.41) is 8.98. The summed E-state index contributed by atoms with van der Waals surface area (Å²) in [7, 11) is -3.35. The molecule has 1 amide bonds. The van der Waals surface area contributed by atoms with Gasteiger partial charge in [-0.3, -0.25) is 14.7 Å². The zero-order valence-corrected chi connectivity index (χ0v) is 13.4. The van der Waals surface area contributed by atoms with Crippen molar-refractivity contribution in [1.82, 2.24) is 5.48 Å². The lowest BCUT2D eigenvalue weighted by molar-refractivity contribution is -0.129. The molecule has 2 aromatic carbocycles. The molecule has 0 aliphatic carbocycles. The van der Waals surface area contributed by atoms with E-state index in [4.69, 9.17) is 5.21 Å². The van der Waals surface area contributed by atoms with Crippen LogP contribution in [0.5, 0.6) is 0 Å². The summed E-state index contributed by atoms with van der Waals surface area (Å²) in [6.45, 7) is 1.55. The number of hydrogen-bond acceptors (Lipinski definition) is 4. The summed E-state index contributed by atoms with van der Waals surface area (Å²) in [6.07, 6.45) is 0. The maximum Gasteiger partial charge on any atom is 0.255 e. The molecule has 1 atom stereocenters. The molecular formula is C16H18N2O4S. The summed E-state index contributed by atoms with van der Waals surface area (Å²) in [5.74, 6) is -1.26. The second-order valence-electron chi connectivity index (χ2n) is 4.95. The van der Waals surface area contributed by atoms with Gasteiger partial charge in [0.2, 0.25) is 10.0 Å².